The molecule has 2 aromatic rings. The molecule has 1 atom stereocenters. The number of ether oxygens (including phenoxy) is 1. The molecule has 0 bridgehead atoms. The number of hydrogen-bond acceptors (Lipinski definition) is 4. The summed E-state index contributed by atoms with van der Waals surface area (Å²) in [6, 6.07) is 3.60. The highest BCUT2D eigenvalue weighted by Crippen LogP contribution is 2.21. The van der Waals surface area contributed by atoms with Gasteiger partial charge in [-0.05, 0) is 41.9 Å². The number of halogens is 3. The predicted octanol–water partition coefficient (Wildman–Crippen LogP) is 2.86. The van der Waals surface area contributed by atoms with E-state index < -0.39 is 29.6 Å². The normalized spacial score (nSPS) is 11.8. The molecule has 0 aliphatic heterocycles. The average molecular weight is 330 g/mol. The monoisotopic (exact) mass is 329 g/mol. The van der Waals surface area contributed by atoms with Crippen LogP contribution in [0.15, 0.2) is 34.7 Å². The predicted molar refractivity (Wildman–Crippen MR) is 72.3 cm³/mol. The number of hydrogen-bond donors (Lipinski definition) is 1. The van der Waals surface area contributed by atoms with Crippen molar-refractivity contribution >= 4 is 23.5 Å². The first-order valence-corrected chi connectivity index (χ1v) is 6.39. The van der Waals surface area contributed by atoms with Gasteiger partial charge in [0.1, 0.15) is 11.6 Å². The molecular weight excluding hydrogens is 320 g/mol. The molecule has 0 unspecified atom stereocenters. The Labute approximate surface area is 128 Å². The highest BCUT2D eigenvalue weighted by atomic mass is 35.5. The third kappa shape index (κ3) is 3.43. The summed E-state index contributed by atoms with van der Waals surface area (Å²) in [5.74, 6) is -3.60. The number of benzene rings is 1. The lowest BCUT2D eigenvalue weighted by Crippen LogP contribution is -2.35. The third-order valence-electron chi connectivity index (χ3n) is 2.78. The fraction of sp³-hybridized carbons (Fsp3) is 0.143. The largest absolute Gasteiger partial charge is 0.467 e. The SMILES string of the molecule is COC(=O)[C@H](NC(=O)c1ccc(Cl)o1)c1cc(F)ccc1F. The van der Waals surface area contributed by atoms with Crippen molar-refractivity contribution in [2.24, 2.45) is 0 Å². The van der Waals surface area contributed by atoms with E-state index in [1.165, 1.54) is 12.1 Å². The number of rotatable bonds is 4. The zero-order chi connectivity index (χ0) is 16.3. The van der Waals surface area contributed by atoms with Gasteiger partial charge in [0.2, 0.25) is 0 Å². The summed E-state index contributed by atoms with van der Waals surface area (Å²) >= 11 is 5.55. The van der Waals surface area contributed by atoms with Gasteiger partial charge in [-0.3, -0.25) is 4.79 Å². The number of nitrogens with one attached hydrogen (secondary N) is 1. The van der Waals surface area contributed by atoms with Crippen LogP contribution in [0.4, 0.5) is 8.78 Å². The molecule has 5 nitrogen and oxygen atoms in total. The van der Waals surface area contributed by atoms with Gasteiger partial charge in [-0.15, -0.1) is 0 Å². The van der Waals surface area contributed by atoms with E-state index >= 15 is 0 Å². The Morgan fingerprint density at radius 1 is 1.27 bits per heavy atom. The van der Waals surface area contributed by atoms with Crippen LogP contribution in [0, 0.1) is 11.6 Å². The molecule has 0 fully saturated rings. The Hall–Kier alpha value is -2.41. The molecule has 0 radical (unpaired) electrons. The standard InChI is InChI=1S/C14H10ClF2NO4/c1-21-14(20)12(8-6-7(16)2-3-9(8)17)18-13(19)10-4-5-11(15)22-10/h2-6,12H,1H3,(H,18,19)/t12-/m1/s1. The fourth-order valence-electron chi connectivity index (χ4n) is 1.76. The fourth-order valence-corrected chi connectivity index (χ4v) is 1.90. The zero-order valence-corrected chi connectivity index (χ0v) is 12.0. The van der Waals surface area contributed by atoms with Gasteiger partial charge < -0.3 is 14.5 Å². The summed E-state index contributed by atoms with van der Waals surface area (Å²) in [5.41, 5.74) is -0.363. The van der Waals surface area contributed by atoms with E-state index in [1.807, 2.05) is 0 Å². The molecule has 1 heterocycles. The maximum absolute atomic E-state index is 13.8. The van der Waals surface area contributed by atoms with E-state index in [2.05, 4.69) is 10.1 Å². The van der Waals surface area contributed by atoms with Gasteiger partial charge in [-0.2, -0.15) is 0 Å². The van der Waals surface area contributed by atoms with Crippen molar-refractivity contribution in [2.45, 2.75) is 6.04 Å². The van der Waals surface area contributed by atoms with Crippen LogP contribution in [0.1, 0.15) is 22.2 Å². The summed E-state index contributed by atoms with van der Waals surface area (Å²) < 4.78 is 36.5. The van der Waals surface area contributed by atoms with Crippen LogP contribution >= 0.6 is 11.6 Å². The number of carbonyl (C=O) groups is 2. The molecule has 22 heavy (non-hydrogen) atoms. The minimum Gasteiger partial charge on any atom is -0.467 e. The van der Waals surface area contributed by atoms with Crippen molar-refractivity contribution in [3.63, 3.8) is 0 Å². The van der Waals surface area contributed by atoms with Crippen molar-refractivity contribution < 1.29 is 27.5 Å². The molecule has 2 rings (SSSR count). The molecule has 0 aliphatic carbocycles. The van der Waals surface area contributed by atoms with E-state index in [1.54, 1.807) is 0 Å². The Morgan fingerprint density at radius 2 is 2.00 bits per heavy atom. The van der Waals surface area contributed by atoms with E-state index in [0.29, 0.717) is 0 Å². The van der Waals surface area contributed by atoms with Crippen LogP contribution in [-0.4, -0.2) is 19.0 Å². The zero-order valence-electron chi connectivity index (χ0n) is 11.2. The maximum atomic E-state index is 13.8. The van der Waals surface area contributed by atoms with E-state index in [4.69, 9.17) is 16.0 Å². The summed E-state index contributed by atoms with van der Waals surface area (Å²) in [6.45, 7) is 0. The topological polar surface area (TPSA) is 68.5 Å². The highest BCUT2D eigenvalue weighted by molar-refractivity contribution is 6.29. The average Bonchev–Trinajstić information content (AvgIpc) is 2.93. The molecule has 1 aromatic heterocycles. The summed E-state index contributed by atoms with van der Waals surface area (Å²) in [6.07, 6.45) is 0. The van der Waals surface area contributed by atoms with Gasteiger partial charge in [-0.1, -0.05) is 0 Å². The Kier molecular flexibility index (Phi) is 4.77. The van der Waals surface area contributed by atoms with Crippen LogP contribution in [0.25, 0.3) is 0 Å². The first kappa shape index (κ1) is 16.0. The Morgan fingerprint density at radius 3 is 2.59 bits per heavy atom. The smallest absolute Gasteiger partial charge is 0.333 e. The van der Waals surface area contributed by atoms with Crippen molar-refractivity contribution in [1.29, 1.82) is 0 Å². The molecule has 0 aliphatic rings. The van der Waals surface area contributed by atoms with Crippen LogP contribution in [0.2, 0.25) is 5.22 Å². The molecule has 0 spiro atoms. The number of furan rings is 1. The number of methoxy groups -OCH3 is 1. The highest BCUT2D eigenvalue weighted by Gasteiger charge is 2.28. The van der Waals surface area contributed by atoms with Crippen LogP contribution in [0.3, 0.4) is 0 Å². The van der Waals surface area contributed by atoms with Crippen molar-refractivity contribution in [2.75, 3.05) is 7.11 Å². The van der Waals surface area contributed by atoms with Crippen molar-refractivity contribution in [3.8, 4) is 0 Å². The van der Waals surface area contributed by atoms with E-state index in [-0.39, 0.29) is 16.5 Å². The first-order chi connectivity index (χ1) is 10.4. The lowest BCUT2D eigenvalue weighted by atomic mass is 10.1. The van der Waals surface area contributed by atoms with Gasteiger partial charge in [-0.25, -0.2) is 13.6 Å². The van der Waals surface area contributed by atoms with E-state index in [9.17, 15) is 18.4 Å². The van der Waals surface area contributed by atoms with Gasteiger partial charge >= 0.3 is 5.97 Å². The lowest BCUT2D eigenvalue weighted by Gasteiger charge is -2.16. The Bertz CT molecular complexity index is 717. The minimum atomic E-state index is -1.53. The van der Waals surface area contributed by atoms with Gasteiger partial charge in [0.05, 0.1) is 7.11 Å². The van der Waals surface area contributed by atoms with Crippen molar-refractivity contribution in [3.05, 3.63) is 58.5 Å². The quantitative estimate of drug-likeness (QED) is 0.876. The Balaban J connectivity index is 2.33. The second kappa shape index (κ2) is 6.57. The number of amides is 1. The van der Waals surface area contributed by atoms with Crippen molar-refractivity contribution in [1.82, 2.24) is 5.32 Å². The first-order valence-electron chi connectivity index (χ1n) is 6.01. The number of esters is 1. The lowest BCUT2D eigenvalue weighted by molar-refractivity contribution is -0.143. The molecule has 0 saturated carbocycles. The molecule has 1 N–H and O–H groups in total. The molecule has 116 valence electrons. The van der Waals surface area contributed by atoms with Crippen LogP contribution < -0.4 is 5.32 Å². The molecular formula is C14H10ClF2NO4. The molecule has 1 amide bonds. The van der Waals surface area contributed by atoms with Gasteiger partial charge in [0.25, 0.3) is 5.91 Å². The summed E-state index contributed by atoms with van der Waals surface area (Å²) in [5, 5.41) is 2.18. The minimum absolute atomic E-state index is 0.0308. The second-order valence-corrected chi connectivity index (χ2v) is 4.57. The molecule has 0 saturated heterocycles. The van der Waals surface area contributed by atoms with Crippen LogP contribution in [0.5, 0.6) is 0 Å². The molecule has 8 heteroatoms. The number of carbonyl (C=O) groups excluding carboxylic acids is 2. The summed E-state index contributed by atoms with van der Waals surface area (Å²) in [4.78, 5) is 23.7. The van der Waals surface area contributed by atoms with Gasteiger partial charge in [0, 0.05) is 5.56 Å². The summed E-state index contributed by atoms with van der Waals surface area (Å²) in [7, 11) is 1.06. The van der Waals surface area contributed by atoms with Gasteiger partial charge in [0.15, 0.2) is 17.0 Å². The second-order valence-electron chi connectivity index (χ2n) is 4.20. The molecule has 1 aromatic carbocycles. The maximum Gasteiger partial charge on any atom is 0.333 e. The van der Waals surface area contributed by atoms with E-state index in [0.717, 1.165) is 25.3 Å². The third-order valence-corrected chi connectivity index (χ3v) is 2.98. The van der Waals surface area contributed by atoms with Crippen LogP contribution in [-0.2, 0) is 9.53 Å².